The zero-order chi connectivity index (χ0) is 23.5. The molecule has 2 amide bonds. The fraction of sp³-hybridized carbons (Fsp3) is 0.185. The van der Waals surface area contributed by atoms with Gasteiger partial charge in [0.05, 0.1) is 25.0 Å². The van der Waals surface area contributed by atoms with Crippen LogP contribution in [0.15, 0.2) is 72.4 Å². The average Bonchev–Trinajstić information content (AvgIpc) is 3.06. The zero-order valence-corrected chi connectivity index (χ0v) is 19.1. The monoisotopic (exact) mass is 442 g/mol. The van der Waals surface area contributed by atoms with Gasteiger partial charge >= 0.3 is 0 Å². The smallest absolute Gasteiger partial charge is 0.282 e. The Morgan fingerprint density at radius 1 is 0.879 bits per heavy atom. The first-order chi connectivity index (χ1) is 15.9. The Morgan fingerprint density at radius 2 is 1.61 bits per heavy atom. The number of ether oxygens (including phenoxy) is 2. The van der Waals surface area contributed by atoms with E-state index >= 15 is 0 Å². The standard InChI is InChI=1S/C27H26N2O4/c1-5-33-23-9-7-6-8-22(23)29-26(30)24(19-11-14-21(32-4)15-12-19)25(27(29)31)28-20-13-10-17(2)18(3)16-20/h6-16,28H,5H2,1-4H3. The van der Waals surface area contributed by atoms with Crippen LogP contribution in [0, 0.1) is 13.8 Å². The van der Waals surface area contributed by atoms with Crippen molar-refractivity contribution in [2.45, 2.75) is 20.8 Å². The zero-order valence-electron chi connectivity index (χ0n) is 19.1. The number of hydrogen-bond donors (Lipinski definition) is 1. The molecule has 0 saturated carbocycles. The predicted octanol–water partition coefficient (Wildman–Crippen LogP) is 5.11. The lowest BCUT2D eigenvalue weighted by Gasteiger charge is -2.19. The Balaban J connectivity index is 1.83. The van der Waals surface area contributed by atoms with Crippen molar-refractivity contribution >= 4 is 28.8 Å². The first-order valence-electron chi connectivity index (χ1n) is 10.8. The summed E-state index contributed by atoms with van der Waals surface area (Å²) < 4.78 is 10.9. The normalized spacial score (nSPS) is 13.5. The van der Waals surface area contributed by atoms with Gasteiger partial charge in [-0.15, -0.1) is 0 Å². The van der Waals surface area contributed by atoms with E-state index < -0.39 is 11.8 Å². The van der Waals surface area contributed by atoms with E-state index in [0.29, 0.717) is 34.9 Å². The lowest BCUT2D eigenvalue weighted by molar-refractivity contribution is -0.120. The topological polar surface area (TPSA) is 67.9 Å². The molecule has 0 saturated heterocycles. The van der Waals surface area contributed by atoms with Crippen LogP contribution in [-0.2, 0) is 9.59 Å². The first kappa shape index (κ1) is 22.1. The number of nitrogens with one attached hydrogen (secondary N) is 1. The van der Waals surface area contributed by atoms with Gasteiger partial charge < -0.3 is 14.8 Å². The van der Waals surface area contributed by atoms with E-state index in [1.54, 1.807) is 49.6 Å². The van der Waals surface area contributed by atoms with Crippen LogP contribution in [0.2, 0.25) is 0 Å². The number of carbonyl (C=O) groups is 2. The van der Waals surface area contributed by atoms with Crippen LogP contribution in [0.3, 0.4) is 0 Å². The molecule has 0 fully saturated rings. The highest BCUT2D eigenvalue weighted by Gasteiger charge is 2.41. The van der Waals surface area contributed by atoms with Gasteiger partial charge in [0.25, 0.3) is 11.8 Å². The van der Waals surface area contributed by atoms with Gasteiger partial charge in [-0.05, 0) is 73.9 Å². The largest absolute Gasteiger partial charge is 0.497 e. The van der Waals surface area contributed by atoms with Crippen molar-refractivity contribution < 1.29 is 19.1 Å². The van der Waals surface area contributed by atoms with Gasteiger partial charge in [-0.25, -0.2) is 4.90 Å². The van der Waals surface area contributed by atoms with Crippen LogP contribution < -0.4 is 19.7 Å². The fourth-order valence-electron chi connectivity index (χ4n) is 3.77. The third kappa shape index (κ3) is 4.20. The molecule has 3 aromatic carbocycles. The summed E-state index contributed by atoms with van der Waals surface area (Å²) in [5, 5.41) is 3.21. The third-order valence-corrected chi connectivity index (χ3v) is 5.64. The van der Waals surface area contributed by atoms with E-state index in [1.807, 2.05) is 45.0 Å². The molecule has 0 bridgehead atoms. The molecule has 168 valence electrons. The van der Waals surface area contributed by atoms with E-state index in [1.165, 1.54) is 4.90 Å². The molecular formula is C27H26N2O4. The summed E-state index contributed by atoms with van der Waals surface area (Å²) in [6.45, 7) is 6.31. The van der Waals surface area contributed by atoms with Gasteiger partial charge in [0.1, 0.15) is 17.2 Å². The first-order valence-corrected chi connectivity index (χ1v) is 10.8. The molecule has 0 aliphatic carbocycles. The molecule has 1 heterocycles. The molecule has 0 radical (unpaired) electrons. The Labute approximate surface area is 193 Å². The van der Waals surface area contributed by atoms with Gasteiger partial charge in [0.15, 0.2) is 0 Å². The van der Waals surface area contributed by atoms with Gasteiger partial charge in [-0.1, -0.05) is 30.3 Å². The van der Waals surface area contributed by atoms with Gasteiger partial charge in [0.2, 0.25) is 0 Å². The summed E-state index contributed by atoms with van der Waals surface area (Å²) >= 11 is 0. The van der Waals surface area contributed by atoms with E-state index in [0.717, 1.165) is 16.8 Å². The maximum absolute atomic E-state index is 13.7. The molecule has 3 aromatic rings. The lowest BCUT2D eigenvalue weighted by atomic mass is 10.0. The molecule has 0 atom stereocenters. The summed E-state index contributed by atoms with van der Waals surface area (Å²) in [6.07, 6.45) is 0. The van der Waals surface area contributed by atoms with Crippen LogP contribution in [-0.4, -0.2) is 25.5 Å². The SMILES string of the molecule is CCOc1ccccc1N1C(=O)C(Nc2ccc(C)c(C)c2)=C(c2ccc(OC)cc2)C1=O. The molecule has 1 aliphatic heterocycles. The summed E-state index contributed by atoms with van der Waals surface area (Å²) in [5.41, 5.74) is 4.52. The van der Waals surface area contributed by atoms with E-state index in [4.69, 9.17) is 9.47 Å². The van der Waals surface area contributed by atoms with Gasteiger partial charge in [-0.2, -0.15) is 0 Å². The van der Waals surface area contributed by atoms with E-state index in [2.05, 4.69) is 5.32 Å². The average molecular weight is 443 g/mol. The number of rotatable bonds is 7. The molecule has 0 spiro atoms. The van der Waals surface area contributed by atoms with Crippen molar-refractivity contribution in [1.29, 1.82) is 0 Å². The molecule has 6 heteroatoms. The second-order valence-corrected chi connectivity index (χ2v) is 7.75. The van der Waals surface area contributed by atoms with Crippen LogP contribution in [0.4, 0.5) is 11.4 Å². The summed E-state index contributed by atoms with van der Waals surface area (Å²) in [7, 11) is 1.58. The molecule has 6 nitrogen and oxygen atoms in total. The van der Waals surface area contributed by atoms with Crippen LogP contribution >= 0.6 is 0 Å². The summed E-state index contributed by atoms with van der Waals surface area (Å²) in [6, 6.07) is 20.0. The fourth-order valence-corrected chi connectivity index (χ4v) is 3.77. The van der Waals surface area contributed by atoms with Gasteiger partial charge in [0, 0.05) is 5.69 Å². The van der Waals surface area contributed by atoms with Crippen molar-refractivity contribution in [3.8, 4) is 11.5 Å². The minimum Gasteiger partial charge on any atom is -0.497 e. The highest BCUT2D eigenvalue weighted by Crippen LogP contribution is 2.38. The highest BCUT2D eigenvalue weighted by atomic mass is 16.5. The number of amides is 2. The summed E-state index contributed by atoms with van der Waals surface area (Å²) in [4.78, 5) is 28.5. The van der Waals surface area contributed by atoms with Crippen molar-refractivity contribution in [3.05, 3.63) is 89.1 Å². The Kier molecular flexibility index (Phi) is 6.18. The molecular weight excluding hydrogens is 416 g/mol. The van der Waals surface area contributed by atoms with E-state index in [-0.39, 0.29) is 5.70 Å². The van der Waals surface area contributed by atoms with Crippen molar-refractivity contribution in [1.82, 2.24) is 0 Å². The highest BCUT2D eigenvalue weighted by molar-refractivity contribution is 6.46. The number of methoxy groups -OCH3 is 1. The van der Waals surface area contributed by atoms with Crippen molar-refractivity contribution in [3.63, 3.8) is 0 Å². The van der Waals surface area contributed by atoms with Crippen molar-refractivity contribution in [2.75, 3.05) is 23.9 Å². The van der Waals surface area contributed by atoms with Crippen molar-refractivity contribution in [2.24, 2.45) is 0 Å². The third-order valence-electron chi connectivity index (χ3n) is 5.64. The Hall–Kier alpha value is -4.06. The maximum atomic E-state index is 13.7. The predicted molar refractivity (Wildman–Crippen MR) is 130 cm³/mol. The number of aryl methyl sites for hydroxylation is 2. The second kappa shape index (κ2) is 9.20. The lowest BCUT2D eigenvalue weighted by Crippen LogP contribution is -2.32. The molecule has 0 aromatic heterocycles. The number of carbonyl (C=O) groups excluding carboxylic acids is 2. The number of benzene rings is 3. The number of nitrogens with zero attached hydrogens (tertiary/aromatic N) is 1. The number of para-hydroxylation sites is 2. The maximum Gasteiger partial charge on any atom is 0.282 e. The van der Waals surface area contributed by atoms with Gasteiger partial charge in [-0.3, -0.25) is 9.59 Å². The summed E-state index contributed by atoms with van der Waals surface area (Å²) in [5.74, 6) is 0.293. The molecule has 1 N–H and O–H groups in total. The molecule has 33 heavy (non-hydrogen) atoms. The second-order valence-electron chi connectivity index (χ2n) is 7.75. The van der Waals surface area contributed by atoms with Crippen LogP contribution in [0.1, 0.15) is 23.6 Å². The van der Waals surface area contributed by atoms with Crippen LogP contribution in [0.25, 0.3) is 5.57 Å². The minimum absolute atomic E-state index is 0.222. The number of anilines is 2. The molecule has 4 rings (SSSR count). The molecule has 0 unspecified atom stereocenters. The quantitative estimate of drug-likeness (QED) is 0.515. The molecule has 1 aliphatic rings. The van der Waals surface area contributed by atoms with Crippen LogP contribution in [0.5, 0.6) is 11.5 Å². The number of imide groups is 1. The van der Waals surface area contributed by atoms with E-state index in [9.17, 15) is 9.59 Å². The Morgan fingerprint density at radius 3 is 2.27 bits per heavy atom. The number of hydrogen-bond acceptors (Lipinski definition) is 5. The Bertz CT molecular complexity index is 1250. The minimum atomic E-state index is -0.434.